The minimum absolute atomic E-state index is 0.238. The number of hydrogen-bond donors (Lipinski definition) is 3. The van der Waals surface area contributed by atoms with Gasteiger partial charge in [0.15, 0.2) is 0 Å². The van der Waals surface area contributed by atoms with Crippen molar-refractivity contribution in [1.29, 1.82) is 0 Å². The van der Waals surface area contributed by atoms with Gasteiger partial charge in [0.25, 0.3) is 5.91 Å². The molecule has 0 spiro atoms. The third-order valence-electron chi connectivity index (χ3n) is 8.42. The molecule has 11 nitrogen and oxygen atoms in total. The standard InChI is InChI=1S/C35H49N5O6/c1-10-13-29(45-9)22(5)31(41)38-30(21(3)4)32(42)37-23(6)33(43)40-17-12-16-35(8,39-40)34(44)46-24(7)25-14-15-26-20-36-28(11-2)19-27(26)18-25/h10-11,13-15,18-24,29-30,39H,2,12,16-17H2,1,3-9H3,(H,37,42)(H,38,41)/b13-10+/t22?,23?,24-,29?,30?,35?/m1/s1. The number of carbonyl (C=O) groups is 4. The van der Waals surface area contributed by atoms with E-state index in [4.69, 9.17) is 9.47 Å². The molecule has 1 aromatic heterocycles. The molecule has 2 heterocycles. The molecule has 1 aromatic carbocycles. The summed E-state index contributed by atoms with van der Waals surface area (Å²) in [4.78, 5) is 57.5. The summed E-state index contributed by atoms with van der Waals surface area (Å²) in [5.41, 5.74) is 3.49. The molecule has 1 aliphatic rings. The van der Waals surface area contributed by atoms with Gasteiger partial charge in [-0.1, -0.05) is 51.6 Å². The Bertz CT molecular complexity index is 1460. The molecule has 5 unspecified atom stereocenters. The number of pyridine rings is 1. The number of esters is 1. The van der Waals surface area contributed by atoms with Crippen molar-refractivity contribution < 1.29 is 28.7 Å². The van der Waals surface area contributed by atoms with Crippen molar-refractivity contribution in [2.24, 2.45) is 11.8 Å². The van der Waals surface area contributed by atoms with E-state index < -0.39 is 53.5 Å². The molecule has 3 rings (SSSR count). The van der Waals surface area contributed by atoms with E-state index in [0.717, 1.165) is 22.0 Å². The number of fused-ring (bicyclic) bond motifs is 1. The van der Waals surface area contributed by atoms with Crippen molar-refractivity contribution in [3.8, 4) is 0 Å². The quantitative estimate of drug-likeness (QED) is 0.220. The number of allylic oxidation sites excluding steroid dienone is 1. The molecule has 2 aromatic rings. The molecule has 1 fully saturated rings. The third kappa shape index (κ3) is 8.79. The minimum atomic E-state index is -1.15. The van der Waals surface area contributed by atoms with E-state index in [1.807, 2.05) is 52.0 Å². The topological polar surface area (TPSA) is 139 Å². The maximum atomic E-state index is 13.5. The Morgan fingerprint density at radius 1 is 1.07 bits per heavy atom. The maximum Gasteiger partial charge on any atom is 0.328 e. The smallest absolute Gasteiger partial charge is 0.328 e. The van der Waals surface area contributed by atoms with Gasteiger partial charge in [-0.15, -0.1) is 0 Å². The second-order valence-corrected chi connectivity index (χ2v) is 12.5. The van der Waals surface area contributed by atoms with Crippen molar-refractivity contribution in [1.82, 2.24) is 26.1 Å². The van der Waals surface area contributed by atoms with Crippen LogP contribution < -0.4 is 16.1 Å². The number of nitrogens with one attached hydrogen (secondary N) is 3. The average molecular weight is 636 g/mol. The largest absolute Gasteiger partial charge is 0.456 e. The molecule has 6 atom stereocenters. The Kier molecular flexibility index (Phi) is 12.6. The van der Waals surface area contributed by atoms with Gasteiger partial charge in [0, 0.05) is 25.2 Å². The van der Waals surface area contributed by atoms with Gasteiger partial charge < -0.3 is 20.1 Å². The molecule has 0 bridgehead atoms. The highest BCUT2D eigenvalue weighted by molar-refractivity contribution is 5.93. The summed E-state index contributed by atoms with van der Waals surface area (Å²) >= 11 is 0. The van der Waals surface area contributed by atoms with Gasteiger partial charge in [-0.2, -0.15) is 0 Å². The van der Waals surface area contributed by atoms with E-state index in [1.54, 1.807) is 45.2 Å². The van der Waals surface area contributed by atoms with Gasteiger partial charge in [-0.3, -0.25) is 24.4 Å². The highest BCUT2D eigenvalue weighted by atomic mass is 16.5. The summed E-state index contributed by atoms with van der Waals surface area (Å²) in [6, 6.07) is 5.94. The van der Waals surface area contributed by atoms with Crippen molar-refractivity contribution in [3.63, 3.8) is 0 Å². The second-order valence-electron chi connectivity index (χ2n) is 12.5. The van der Waals surface area contributed by atoms with Crippen molar-refractivity contribution in [2.75, 3.05) is 13.7 Å². The predicted octanol–water partition coefficient (Wildman–Crippen LogP) is 4.24. The predicted molar refractivity (Wildman–Crippen MR) is 178 cm³/mol. The highest BCUT2D eigenvalue weighted by Gasteiger charge is 2.42. The van der Waals surface area contributed by atoms with Crippen LogP contribution in [0.1, 0.15) is 78.7 Å². The number of hydrogen-bond acceptors (Lipinski definition) is 8. The van der Waals surface area contributed by atoms with Gasteiger partial charge in [0.1, 0.15) is 23.7 Å². The molecule has 3 amide bonds. The lowest BCUT2D eigenvalue weighted by atomic mass is 9.94. The molecular formula is C35H49N5O6. The average Bonchev–Trinajstić information content (AvgIpc) is 3.04. The number of amides is 3. The maximum absolute atomic E-state index is 13.5. The molecule has 0 aliphatic carbocycles. The lowest BCUT2D eigenvalue weighted by Crippen LogP contribution is -2.65. The third-order valence-corrected chi connectivity index (χ3v) is 8.42. The molecular weight excluding hydrogens is 586 g/mol. The Labute approximate surface area is 272 Å². The van der Waals surface area contributed by atoms with Crippen molar-refractivity contribution in [2.45, 2.75) is 91.1 Å². The Balaban J connectivity index is 1.63. The van der Waals surface area contributed by atoms with Crippen LogP contribution in [0.15, 0.2) is 49.2 Å². The van der Waals surface area contributed by atoms with Crippen LogP contribution >= 0.6 is 0 Å². The minimum Gasteiger partial charge on any atom is -0.456 e. The van der Waals surface area contributed by atoms with Gasteiger partial charge >= 0.3 is 5.97 Å². The van der Waals surface area contributed by atoms with Gasteiger partial charge in [0.2, 0.25) is 11.8 Å². The molecule has 0 saturated carbocycles. The molecule has 0 radical (unpaired) electrons. The first kappa shape index (κ1) is 36.4. The molecule has 46 heavy (non-hydrogen) atoms. The van der Waals surface area contributed by atoms with Crippen molar-refractivity contribution >= 4 is 40.5 Å². The van der Waals surface area contributed by atoms with E-state index >= 15 is 0 Å². The Morgan fingerprint density at radius 3 is 2.41 bits per heavy atom. The van der Waals surface area contributed by atoms with Crippen LogP contribution in [0.2, 0.25) is 0 Å². The Morgan fingerprint density at radius 2 is 1.78 bits per heavy atom. The SMILES string of the molecule is C=Cc1cc2cc([C@@H](C)OC(=O)C3(C)CCCN(C(=O)C(C)NC(=O)C(NC(=O)C(C)C(/C=C/C)OC)C(C)C)N3)ccc2cn1. The fourth-order valence-corrected chi connectivity index (χ4v) is 5.42. The van der Waals surface area contributed by atoms with Crippen LogP contribution in [-0.2, 0) is 28.7 Å². The lowest BCUT2D eigenvalue weighted by molar-refractivity contribution is -0.164. The Hall–Kier alpha value is -4.09. The first-order chi connectivity index (χ1) is 21.7. The van der Waals surface area contributed by atoms with Crippen molar-refractivity contribution in [3.05, 3.63) is 60.5 Å². The van der Waals surface area contributed by atoms with Gasteiger partial charge in [-0.05, 0) is 75.6 Å². The van der Waals surface area contributed by atoms with Gasteiger partial charge in [0.05, 0.1) is 17.7 Å². The number of methoxy groups -OCH3 is 1. The molecule has 250 valence electrons. The molecule has 1 aliphatic heterocycles. The van der Waals surface area contributed by atoms with Gasteiger partial charge in [-0.25, -0.2) is 10.2 Å². The number of carbonyl (C=O) groups excluding carboxylic acids is 4. The van der Waals surface area contributed by atoms with E-state index in [-0.39, 0.29) is 11.8 Å². The van der Waals surface area contributed by atoms with Crippen LogP contribution in [0.3, 0.4) is 0 Å². The number of benzene rings is 1. The summed E-state index contributed by atoms with van der Waals surface area (Å²) in [6.07, 6.45) is 7.08. The summed E-state index contributed by atoms with van der Waals surface area (Å²) in [5, 5.41) is 8.85. The lowest BCUT2D eigenvalue weighted by Gasteiger charge is -2.41. The van der Waals surface area contributed by atoms with E-state index in [9.17, 15) is 19.2 Å². The normalized spacial score (nSPS) is 20.1. The fourth-order valence-electron chi connectivity index (χ4n) is 5.42. The van der Waals surface area contributed by atoms with E-state index in [2.05, 4.69) is 27.6 Å². The molecule has 3 N–H and O–H groups in total. The second kappa shape index (κ2) is 16.0. The van der Waals surface area contributed by atoms with E-state index in [1.165, 1.54) is 12.1 Å². The summed E-state index contributed by atoms with van der Waals surface area (Å²) in [5.74, 6) is -2.47. The van der Waals surface area contributed by atoms with E-state index in [0.29, 0.717) is 19.4 Å². The first-order valence-corrected chi connectivity index (χ1v) is 15.8. The zero-order chi connectivity index (χ0) is 34.2. The summed E-state index contributed by atoms with van der Waals surface area (Å²) < 4.78 is 11.3. The van der Waals surface area contributed by atoms with Crippen LogP contribution in [0.4, 0.5) is 0 Å². The number of nitrogens with zero attached hydrogens (tertiary/aromatic N) is 2. The number of aromatic nitrogens is 1. The first-order valence-electron chi connectivity index (χ1n) is 15.8. The number of hydrazine groups is 1. The summed E-state index contributed by atoms with van der Waals surface area (Å²) in [7, 11) is 1.52. The van der Waals surface area contributed by atoms with Crippen LogP contribution in [0.25, 0.3) is 16.8 Å². The fraction of sp³-hybridized carbons (Fsp3) is 0.514. The molecule has 1 saturated heterocycles. The summed E-state index contributed by atoms with van der Waals surface area (Å²) in [6.45, 7) is 16.4. The zero-order valence-electron chi connectivity index (χ0n) is 28.3. The van der Waals surface area contributed by atoms with Crippen LogP contribution in [-0.4, -0.2) is 71.1 Å². The monoisotopic (exact) mass is 635 g/mol. The van der Waals surface area contributed by atoms with Crippen LogP contribution in [0.5, 0.6) is 0 Å². The van der Waals surface area contributed by atoms with Crippen LogP contribution in [0, 0.1) is 11.8 Å². The zero-order valence-corrected chi connectivity index (χ0v) is 28.3. The number of ether oxygens (including phenoxy) is 2. The molecule has 11 heteroatoms. The number of rotatable bonds is 13. The highest BCUT2D eigenvalue weighted by Crippen LogP contribution is 2.27.